The van der Waals surface area contributed by atoms with E-state index in [9.17, 15) is 10.1 Å². The molecule has 1 N–H and O–H groups in total. The van der Waals surface area contributed by atoms with E-state index in [1.54, 1.807) is 17.7 Å². The molecule has 2 aromatic rings. The van der Waals surface area contributed by atoms with Crippen LogP contribution in [0.1, 0.15) is 0 Å². The Morgan fingerprint density at radius 1 is 1.55 bits per heavy atom. The first-order valence-corrected chi connectivity index (χ1v) is 6.82. The molecule has 0 spiro atoms. The van der Waals surface area contributed by atoms with Gasteiger partial charge in [-0.3, -0.25) is 19.8 Å². The molecule has 0 atom stereocenters. The zero-order valence-electron chi connectivity index (χ0n) is 10.5. The van der Waals surface area contributed by atoms with E-state index in [4.69, 9.17) is 17.0 Å². The first-order chi connectivity index (χ1) is 9.52. The van der Waals surface area contributed by atoms with Gasteiger partial charge in [0.05, 0.1) is 18.1 Å². The molecule has 0 unspecified atom stereocenters. The van der Waals surface area contributed by atoms with E-state index < -0.39 is 4.92 Å². The van der Waals surface area contributed by atoms with Crippen LogP contribution in [0.5, 0.6) is 0 Å². The number of nitrogens with one attached hydrogen (secondary N) is 1. The number of H-pyrrole nitrogens is 1. The molecule has 0 radical (unpaired) electrons. The lowest BCUT2D eigenvalue weighted by molar-refractivity contribution is -0.384. The van der Waals surface area contributed by atoms with Crippen LogP contribution in [0.3, 0.4) is 0 Å². The summed E-state index contributed by atoms with van der Waals surface area (Å²) < 4.78 is 7.81. The van der Waals surface area contributed by atoms with Crippen molar-refractivity contribution < 1.29 is 9.66 Å². The minimum Gasteiger partial charge on any atom is -0.383 e. The highest BCUT2D eigenvalue weighted by Gasteiger charge is 2.14. The molecule has 1 aromatic heterocycles. The number of halogens is 1. The maximum atomic E-state index is 10.9. The number of aromatic nitrogens is 3. The number of nitro benzene ring substituents is 1. The van der Waals surface area contributed by atoms with Crippen LogP contribution in [0.15, 0.2) is 22.7 Å². The third-order valence-corrected chi connectivity index (χ3v) is 3.40. The van der Waals surface area contributed by atoms with Crippen LogP contribution in [-0.4, -0.2) is 33.4 Å². The first kappa shape index (κ1) is 14.8. The van der Waals surface area contributed by atoms with E-state index in [2.05, 4.69) is 26.1 Å². The van der Waals surface area contributed by atoms with Crippen LogP contribution in [0.4, 0.5) is 5.69 Å². The molecule has 0 bridgehead atoms. The van der Waals surface area contributed by atoms with Crippen molar-refractivity contribution in [3.8, 4) is 11.4 Å². The minimum atomic E-state index is -0.449. The number of hydrogen-bond acceptors (Lipinski definition) is 5. The standard InChI is InChI=1S/C11H11BrN4O3S/c1-19-3-2-15-10(13-14-11(15)20)7-4-8(12)6-9(5-7)16(17)18/h4-6H,2-3H2,1H3,(H,14,20). The molecule has 0 fully saturated rings. The first-order valence-electron chi connectivity index (χ1n) is 5.62. The molecule has 0 amide bonds. The molecule has 7 nitrogen and oxygen atoms in total. The van der Waals surface area contributed by atoms with Gasteiger partial charge in [-0.25, -0.2) is 0 Å². The quantitative estimate of drug-likeness (QED) is 0.504. The maximum absolute atomic E-state index is 10.9. The average Bonchev–Trinajstić information content (AvgIpc) is 2.77. The summed E-state index contributed by atoms with van der Waals surface area (Å²) in [6, 6.07) is 4.64. The van der Waals surface area contributed by atoms with Crippen molar-refractivity contribution in [2.45, 2.75) is 6.54 Å². The highest BCUT2D eigenvalue weighted by atomic mass is 79.9. The van der Waals surface area contributed by atoms with E-state index in [1.165, 1.54) is 12.1 Å². The van der Waals surface area contributed by atoms with Gasteiger partial charge < -0.3 is 4.74 Å². The Balaban J connectivity index is 2.51. The fourth-order valence-corrected chi connectivity index (χ4v) is 2.44. The molecule has 0 saturated carbocycles. The van der Waals surface area contributed by atoms with Gasteiger partial charge in [-0.15, -0.1) is 0 Å². The molecule has 0 aliphatic heterocycles. The highest BCUT2D eigenvalue weighted by molar-refractivity contribution is 9.10. The molecule has 9 heteroatoms. The van der Waals surface area contributed by atoms with E-state index in [-0.39, 0.29) is 5.69 Å². The van der Waals surface area contributed by atoms with Gasteiger partial charge in [0.1, 0.15) is 0 Å². The van der Waals surface area contributed by atoms with Crippen LogP contribution >= 0.6 is 28.1 Å². The van der Waals surface area contributed by atoms with E-state index >= 15 is 0 Å². The number of non-ortho nitro benzene ring substituents is 1. The van der Waals surface area contributed by atoms with Crippen molar-refractivity contribution in [2.24, 2.45) is 0 Å². The zero-order valence-corrected chi connectivity index (χ0v) is 12.9. The summed E-state index contributed by atoms with van der Waals surface area (Å²) in [6.45, 7) is 0.985. The number of nitrogens with zero attached hydrogens (tertiary/aromatic N) is 3. The van der Waals surface area contributed by atoms with Crippen LogP contribution < -0.4 is 0 Å². The van der Waals surface area contributed by atoms with Gasteiger partial charge in [-0.1, -0.05) is 15.9 Å². The Kier molecular flexibility index (Phi) is 4.63. The van der Waals surface area contributed by atoms with Crippen molar-refractivity contribution in [3.05, 3.63) is 37.6 Å². The van der Waals surface area contributed by atoms with Crippen molar-refractivity contribution in [1.82, 2.24) is 14.8 Å². The number of ether oxygens (including phenoxy) is 1. The van der Waals surface area contributed by atoms with Gasteiger partial charge in [-0.05, 0) is 18.3 Å². The highest BCUT2D eigenvalue weighted by Crippen LogP contribution is 2.27. The Bertz CT molecular complexity index is 697. The largest absolute Gasteiger partial charge is 0.383 e. The average molecular weight is 359 g/mol. The summed E-state index contributed by atoms with van der Waals surface area (Å²) in [5, 5.41) is 17.7. The van der Waals surface area contributed by atoms with Gasteiger partial charge in [0.15, 0.2) is 10.6 Å². The normalized spacial score (nSPS) is 10.7. The monoisotopic (exact) mass is 358 g/mol. The number of aromatic amines is 1. The molecule has 1 aromatic carbocycles. The van der Waals surface area contributed by atoms with Crippen molar-refractivity contribution in [2.75, 3.05) is 13.7 Å². The number of benzene rings is 1. The summed E-state index contributed by atoms with van der Waals surface area (Å²) >= 11 is 8.41. The van der Waals surface area contributed by atoms with Crippen LogP contribution in [-0.2, 0) is 11.3 Å². The van der Waals surface area contributed by atoms with Crippen LogP contribution in [0, 0.1) is 14.9 Å². The molecule has 0 aliphatic carbocycles. The predicted molar refractivity (Wildman–Crippen MR) is 79.1 cm³/mol. The fraction of sp³-hybridized carbons (Fsp3) is 0.273. The Hall–Kier alpha value is -1.58. The second-order valence-electron chi connectivity index (χ2n) is 3.95. The Labute approximate surface area is 127 Å². The molecule has 20 heavy (non-hydrogen) atoms. The summed E-state index contributed by atoms with van der Waals surface area (Å²) in [7, 11) is 1.59. The summed E-state index contributed by atoms with van der Waals surface area (Å²) in [5.41, 5.74) is 0.594. The Morgan fingerprint density at radius 2 is 2.30 bits per heavy atom. The fourth-order valence-electron chi connectivity index (χ4n) is 1.74. The Morgan fingerprint density at radius 3 is 2.95 bits per heavy atom. The topological polar surface area (TPSA) is 86.0 Å². The molecule has 0 aliphatic rings. The number of nitro groups is 1. The third-order valence-electron chi connectivity index (χ3n) is 2.63. The second kappa shape index (κ2) is 6.25. The molecule has 1 heterocycles. The van der Waals surface area contributed by atoms with Gasteiger partial charge in [0.25, 0.3) is 5.69 Å². The SMILES string of the molecule is COCCn1c(-c2cc(Br)cc([N+](=O)[O-])c2)n[nH]c1=S. The second-order valence-corrected chi connectivity index (χ2v) is 5.25. The molecule has 0 saturated heterocycles. The lowest BCUT2D eigenvalue weighted by Gasteiger charge is -2.06. The van der Waals surface area contributed by atoms with E-state index in [0.717, 1.165) is 0 Å². The van der Waals surface area contributed by atoms with E-state index in [1.807, 2.05) is 0 Å². The summed E-state index contributed by atoms with van der Waals surface area (Å²) in [6.07, 6.45) is 0. The van der Waals surface area contributed by atoms with Gasteiger partial charge in [0, 0.05) is 29.3 Å². The number of hydrogen-bond donors (Lipinski definition) is 1. The van der Waals surface area contributed by atoms with Crippen molar-refractivity contribution >= 4 is 33.8 Å². The number of methoxy groups -OCH3 is 1. The van der Waals surface area contributed by atoms with Gasteiger partial charge in [-0.2, -0.15) is 5.10 Å². The lowest BCUT2D eigenvalue weighted by atomic mass is 10.2. The van der Waals surface area contributed by atoms with Crippen LogP contribution in [0.25, 0.3) is 11.4 Å². The van der Waals surface area contributed by atoms with Gasteiger partial charge >= 0.3 is 0 Å². The molecular weight excluding hydrogens is 348 g/mol. The maximum Gasteiger partial charge on any atom is 0.271 e. The summed E-state index contributed by atoms with van der Waals surface area (Å²) in [4.78, 5) is 10.5. The van der Waals surface area contributed by atoms with Crippen molar-refractivity contribution in [1.29, 1.82) is 0 Å². The number of rotatable bonds is 5. The van der Waals surface area contributed by atoms with E-state index in [0.29, 0.717) is 33.8 Å². The zero-order chi connectivity index (χ0) is 14.7. The van der Waals surface area contributed by atoms with Crippen molar-refractivity contribution in [3.63, 3.8) is 0 Å². The third kappa shape index (κ3) is 3.11. The molecule has 106 valence electrons. The minimum absolute atomic E-state index is 0.0124. The predicted octanol–water partition coefficient (Wildman–Crippen LogP) is 2.92. The smallest absolute Gasteiger partial charge is 0.271 e. The molecule has 2 rings (SSSR count). The summed E-state index contributed by atoms with van der Waals surface area (Å²) in [5.74, 6) is 0.538. The molecular formula is C11H11BrN4O3S. The van der Waals surface area contributed by atoms with Gasteiger partial charge in [0.2, 0.25) is 0 Å². The lowest BCUT2D eigenvalue weighted by Crippen LogP contribution is -2.06. The van der Waals surface area contributed by atoms with Crippen LogP contribution in [0.2, 0.25) is 0 Å².